The molecule has 2 saturated carbocycles. The van der Waals surface area contributed by atoms with E-state index in [-0.39, 0.29) is 5.84 Å². The highest BCUT2D eigenvalue weighted by Gasteiger charge is 2.36. The molecule has 0 aliphatic heterocycles. The summed E-state index contributed by atoms with van der Waals surface area (Å²) >= 11 is 0. The maximum absolute atomic E-state index is 8.98. The monoisotopic (exact) mass is 260 g/mol. The van der Waals surface area contributed by atoms with Crippen molar-refractivity contribution in [2.45, 2.75) is 38.6 Å². The van der Waals surface area contributed by atoms with E-state index in [1.807, 2.05) is 13.0 Å². The van der Waals surface area contributed by atoms with Crippen molar-refractivity contribution in [3.05, 3.63) is 23.4 Å². The van der Waals surface area contributed by atoms with Gasteiger partial charge in [0, 0.05) is 18.8 Å². The van der Waals surface area contributed by atoms with Crippen LogP contribution in [0.15, 0.2) is 17.4 Å². The molecule has 0 bridgehead atoms. The van der Waals surface area contributed by atoms with Crippen molar-refractivity contribution in [3.8, 4) is 0 Å². The van der Waals surface area contributed by atoms with Gasteiger partial charge in [0.05, 0.1) is 5.56 Å². The van der Waals surface area contributed by atoms with Crippen molar-refractivity contribution in [2.75, 3.05) is 11.4 Å². The second-order valence-electron chi connectivity index (χ2n) is 5.64. The van der Waals surface area contributed by atoms with Crippen LogP contribution in [0.3, 0.4) is 0 Å². The van der Waals surface area contributed by atoms with Crippen LogP contribution in [0.25, 0.3) is 0 Å². The molecule has 2 fully saturated rings. The second kappa shape index (κ2) is 4.72. The van der Waals surface area contributed by atoms with Gasteiger partial charge in [-0.25, -0.2) is 4.98 Å². The summed E-state index contributed by atoms with van der Waals surface area (Å²) in [5, 5.41) is 12.1. The van der Waals surface area contributed by atoms with Gasteiger partial charge in [-0.1, -0.05) is 5.16 Å². The highest BCUT2D eigenvalue weighted by atomic mass is 16.4. The molecule has 0 spiro atoms. The number of amidine groups is 1. The average Bonchev–Trinajstić information content (AvgIpc) is 3.27. The highest BCUT2D eigenvalue weighted by Crippen LogP contribution is 2.38. The average molecular weight is 260 g/mol. The maximum atomic E-state index is 8.98. The Kier molecular flexibility index (Phi) is 3.05. The Morgan fingerprint density at radius 3 is 2.79 bits per heavy atom. The smallest absolute Gasteiger partial charge is 0.174 e. The van der Waals surface area contributed by atoms with E-state index in [0.717, 1.165) is 29.4 Å². The molecular weight excluding hydrogens is 240 g/mol. The van der Waals surface area contributed by atoms with Crippen LogP contribution in [-0.2, 0) is 0 Å². The first kappa shape index (κ1) is 12.3. The van der Waals surface area contributed by atoms with Crippen LogP contribution in [-0.4, -0.2) is 28.6 Å². The topological polar surface area (TPSA) is 74.7 Å². The number of aryl methyl sites for hydroxylation is 1. The highest BCUT2D eigenvalue weighted by molar-refractivity contribution is 6.02. The molecule has 3 rings (SSSR count). The lowest BCUT2D eigenvalue weighted by molar-refractivity contribution is 0.318. The molecule has 0 radical (unpaired) electrons. The van der Waals surface area contributed by atoms with Gasteiger partial charge in [-0.15, -0.1) is 0 Å². The van der Waals surface area contributed by atoms with Gasteiger partial charge in [-0.2, -0.15) is 0 Å². The number of pyridine rings is 1. The second-order valence-corrected chi connectivity index (χ2v) is 5.64. The Bertz CT molecular complexity index is 506. The van der Waals surface area contributed by atoms with Crippen LogP contribution < -0.4 is 10.6 Å². The van der Waals surface area contributed by atoms with Crippen LogP contribution in [0.5, 0.6) is 0 Å². The quantitative estimate of drug-likeness (QED) is 0.367. The van der Waals surface area contributed by atoms with Gasteiger partial charge in [-0.05, 0) is 50.2 Å². The fourth-order valence-electron chi connectivity index (χ4n) is 2.50. The molecule has 1 heterocycles. The fourth-order valence-corrected chi connectivity index (χ4v) is 2.50. The maximum Gasteiger partial charge on any atom is 0.174 e. The first-order valence-corrected chi connectivity index (χ1v) is 6.91. The van der Waals surface area contributed by atoms with Gasteiger partial charge >= 0.3 is 0 Å². The van der Waals surface area contributed by atoms with Gasteiger partial charge in [0.1, 0.15) is 5.82 Å². The van der Waals surface area contributed by atoms with E-state index in [2.05, 4.69) is 15.0 Å². The van der Waals surface area contributed by atoms with Crippen molar-refractivity contribution >= 4 is 11.7 Å². The molecule has 0 unspecified atom stereocenters. The lowest BCUT2D eigenvalue weighted by Gasteiger charge is -2.26. The zero-order valence-corrected chi connectivity index (χ0v) is 11.2. The van der Waals surface area contributed by atoms with E-state index < -0.39 is 0 Å². The molecule has 102 valence electrons. The molecule has 5 heteroatoms. The minimum Gasteiger partial charge on any atom is -0.409 e. The molecule has 0 saturated heterocycles. The number of hydrogen-bond donors (Lipinski definition) is 2. The van der Waals surface area contributed by atoms with Gasteiger partial charge in [0.15, 0.2) is 5.84 Å². The third-order valence-electron chi connectivity index (χ3n) is 3.91. The van der Waals surface area contributed by atoms with E-state index in [1.165, 1.54) is 25.7 Å². The van der Waals surface area contributed by atoms with Crippen molar-refractivity contribution in [1.29, 1.82) is 0 Å². The third kappa shape index (κ3) is 2.50. The van der Waals surface area contributed by atoms with Crippen LogP contribution >= 0.6 is 0 Å². The predicted octanol–water partition coefficient (Wildman–Crippen LogP) is 1.86. The molecule has 1 aromatic heterocycles. The summed E-state index contributed by atoms with van der Waals surface area (Å²) in [5.74, 6) is 1.83. The molecule has 3 N–H and O–H groups in total. The van der Waals surface area contributed by atoms with Gasteiger partial charge in [0.2, 0.25) is 0 Å². The molecule has 0 atom stereocenters. The first-order chi connectivity index (χ1) is 9.20. The van der Waals surface area contributed by atoms with Crippen LogP contribution in [0, 0.1) is 12.8 Å². The molecular formula is C14H20N4O. The minimum atomic E-state index is 0.155. The number of hydrogen-bond acceptors (Lipinski definition) is 4. The molecule has 0 aromatic carbocycles. The van der Waals surface area contributed by atoms with Crippen molar-refractivity contribution in [3.63, 3.8) is 0 Å². The van der Waals surface area contributed by atoms with E-state index in [9.17, 15) is 0 Å². The Hall–Kier alpha value is -1.78. The Labute approximate surface area is 113 Å². The summed E-state index contributed by atoms with van der Waals surface area (Å²) in [6, 6.07) is 2.49. The predicted molar refractivity (Wildman–Crippen MR) is 74.6 cm³/mol. The number of rotatable bonds is 5. The van der Waals surface area contributed by atoms with Crippen LogP contribution in [0.4, 0.5) is 5.82 Å². The van der Waals surface area contributed by atoms with E-state index in [1.54, 1.807) is 6.20 Å². The normalized spacial score (nSPS) is 19.5. The fraction of sp³-hybridized carbons (Fsp3) is 0.571. The Morgan fingerprint density at radius 2 is 2.21 bits per heavy atom. The zero-order chi connectivity index (χ0) is 13.4. The minimum absolute atomic E-state index is 0.155. The standard InChI is InChI=1S/C14H20N4O/c1-9-6-7-16-14(12(9)13(15)17-19)18(11-4-5-11)8-10-2-3-10/h6-7,10-11,19H,2-5,8H2,1H3,(H2,15,17). The van der Waals surface area contributed by atoms with Crippen molar-refractivity contribution < 1.29 is 5.21 Å². The van der Waals surface area contributed by atoms with Crippen molar-refractivity contribution in [2.24, 2.45) is 16.8 Å². The van der Waals surface area contributed by atoms with E-state index >= 15 is 0 Å². The third-order valence-corrected chi connectivity index (χ3v) is 3.91. The van der Waals surface area contributed by atoms with Crippen LogP contribution in [0.1, 0.15) is 36.8 Å². The molecule has 0 amide bonds. The molecule has 2 aliphatic rings. The van der Waals surface area contributed by atoms with E-state index in [4.69, 9.17) is 10.9 Å². The number of anilines is 1. The summed E-state index contributed by atoms with van der Waals surface area (Å²) in [4.78, 5) is 6.86. The number of nitrogens with zero attached hydrogens (tertiary/aromatic N) is 3. The zero-order valence-electron chi connectivity index (χ0n) is 11.2. The molecule has 19 heavy (non-hydrogen) atoms. The lowest BCUT2D eigenvalue weighted by Crippen LogP contribution is -2.32. The molecule has 1 aromatic rings. The van der Waals surface area contributed by atoms with Gasteiger partial charge < -0.3 is 15.8 Å². The van der Waals surface area contributed by atoms with Crippen LogP contribution in [0.2, 0.25) is 0 Å². The van der Waals surface area contributed by atoms with Gasteiger partial charge in [0.25, 0.3) is 0 Å². The summed E-state index contributed by atoms with van der Waals surface area (Å²) in [6.07, 6.45) is 6.87. The number of aromatic nitrogens is 1. The lowest BCUT2D eigenvalue weighted by atomic mass is 10.1. The largest absolute Gasteiger partial charge is 0.409 e. The Morgan fingerprint density at radius 1 is 1.47 bits per heavy atom. The van der Waals surface area contributed by atoms with E-state index in [0.29, 0.717) is 6.04 Å². The summed E-state index contributed by atoms with van der Waals surface area (Å²) in [5.41, 5.74) is 7.61. The van der Waals surface area contributed by atoms with Gasteiger partial charge in [-0.3, -0.25) is 0 Å². The van der Waals surface area contributed by atoms with Crippen molar-refractivity contribution in [1.82, 2.24) is 4.98 Å². The number of nitrogens with two attached hydrogens (primary N) is 1. The summed E-state index contributed by atoms with van der Waals surface area (Å²) in [6.45, 7) is 3.02. The first-order valence-electron chi connectivity index (χ1n) is 6.91. The molecule has 2 aliphatic carbocycles. The Balaban J connectivity index is 1.98. The summed E-state index contributed by atoms with van der Waals surface area (Å²) < 4.78 is 0. The molecule has 5 nitrogen and oxygen atoms in total. The summed E-state index contributed by atoms with van der Waals surface area (Å²) in [7, 11) is 0. The SMILES string of the molecule is Cc1ccnc(N(CC2CC2)C2CC2)c1/C(N)=N/O. The number of oxime groups is 1.